The lowest BCUT2D eigenvalue weighted by Gasteiger charge is -2.09. The Bertz CT molecular complexity index is 714. The molecule has 21 heavy (non-hydrogen) atoms. The number of nitrogens with zero attached hydrogens (tertiary/aromatic N) is 1. The molecule has 0 aliphatic carbocycles. The van der Waals surface area contributed by atoms with Crippen LogP contribution in [0.5, 0.6) is 0 Å². The summed E-state index contributed by atoms with van der Waals surface area (Å²) < 4.78 is 0. The molecule has 1 amide bonds. The molecule has 2 aromatic carbocycles. The maximum absolute atomic E-state index is 12.1. The highest BCUT2D eigenvalue weighted by atomic mass is 32.1. The molecule has 0 saturated heterocycles. The number of hydrogen-bond acceptors (Lipinski definition) is 4. The number of nitro benzene ring substituents is 1. The third-order valence-corrected chi connectivity index (χ3v) is 3.00. The molecule has 0 bridgehead atoms. The Morgan fingerprint density at radius 3 is 2.33 bits per heavy atom. The first kappa shape index (κ1) is 14.6. The first-order valence-electron chi connectivity index (χ1n) is 5.93. The topological polar surface area (TPSA) is 98.3 Å². The van der Waals surface area contributed by atoms with Gasteiger partial charge in [0.05, 0.1) is 10.6 Å². The highest BCUT2D eigenvalue weighted by Gasteiger charge is 2.12. The van der Waals surface area contributed by atoms with E-state index in [1.54, 1.807) is 24.3 Å². The molecule has 0 unspecified atom stereocenters. The van der Waals surface area contributed by atoms with Crippen LogP contribution in [0, 0.1) is 10.1 Å². The summed E-state index contributed by atoms with van der Waals surface area (Å²) in [6.07, 6.45) is 0. The summed E-state index contributed by atoms with van der Waals surface area (Å²) >= 11 is 4.92. The van der Waals surface area contributed by atoms with Gasteiger partial charge < -0.3 is 11.1 Å². The summed E-state index contributed by atoms with van der Waals surface area (Å²) in [6, 6.07) is 12.2. The second-order valence-corrected chi connectivity index (χ2v) is 4.61. The van der Waals surface area contributed by atoms with E-state index >= 15 is 0 Å². The fourth-order valence-electron chi connectivity index (χ4n) is 1.74. The van der Waals surface area contributed by atoms with E-state index in [0.29, 0.717) is 16.8 Å². The summed E-state index contributed by atoms with van der Waals surface area (Å²) in [4.78, 5) is 22.3. The Morgan fingerprint density at radius 2 is 1.76 bits per heavy atom. The molecule has 0 radical (unpaired) electrons. The van der Waals surface area contributed by atoms with Gasteiger partial charge in [-0.25, -0.2) is 0 Å². The molecule has 2 aromatic rings. The fourth-order valence-corrected chi connectivity index (χ4v) is 1.91. The van der Waals surface area contributed by atoms with Crippen molar-refractivity contribution in [3.63, 3.8) is 0 Å². The molecule has 0 spiro atoms. The first-order valence-corrected chi connectivity index (χ1v) is 6.34. The molecule has 0 aliphatic heterocycles. The van der Waals surface area contributed by atoms with Gasteiger partial charge in [-0.3, -0.25) is 14.9 Å². The minimum absolute atomic E-state index is 0.0740. The van der Waals surface area contributed by atoms with E-state index in [1.807, 2.05) is 0 Å². The Morgan fingerprint density at radius 1 is 1.14 bits per heavy atom. The van der Waals surface area contributed by atoms with Gasteiger partial charge in [-0.1, -0.05) is 24.4 Å². The van der Waals surface area contributed by atoms with Crippen molar-refractivity contribution in [1.29, 1.82) is 0 Å². The van der Waals surface area contributed by atoms with E-state index in [9.17, 15) is 14.9 Å². The zero-order valence-electron chi connectivity index (χ0n) is 10.8. The monoisotopic (exact) mass is 301 g/mol. The van der Waals surface area contributed by atoms with Gasteiger partial charge in [-0.2, -0.15) is 0 Å². The second-order valence-electron chi connectivity index (χ2n) is 4.17. The third-order valence-electron chi connectivity index (χ3n) is 2.78. The van der Waals surface area contributed by atoms with Crippen LogP contribution in [0.15, 0.2) is 48.5 Å². The molecule has 0 aromatic heterocycles. The van der Waals surface area contributed by atoms with Crippen LogP contribution in [0.3, 0.4) is 0 Å². The summed E-state index contributed by atoms with van der Waals surface area (Å²) in [5.41, 5.74) is 6.87. The van der Waals surface area contributed by atoms with Crippen molar-refractivity contribution >= 4 is 34.5 Å². The van der Waals surface area contributed by atoms with Crippen LogP contribution in [0.25, 0.3) is 0 Å². The standard InChI is InChI=1S/C14H11N3O3S/c15-13(21)11-3-1-2-4-12(11)16-14(18)9-5-7-10(8-6-9)17(19)20/h1-8H,(H2,15,21)(H,16,18). The highest BCUT2D eigenvalue weighted by molar-refractivity contribution is 7.80. The number of hydrogen-bond donors (Lipinski definition) is 2. The number of thiocarbonyl (C=S) groups is 1. The van der Waals surface area contributed by atoms with Gasteiger partial charge in [0.15, 0.2) is 0 Å². The normalized spacial score (nSPS) is 9.90. The molecule has 0 fully saturated rings. The average molecular weight is 301 g/mol. The third kappa shape index (κ3) is 3.40. The van der Waals surface area contributed by atoms with Crippen molar-refractivity contribution in [2.75, 3.05) is 5.32 Å². The lowest BCUT2D eigenvalue weighted by molar-refractivity contribution is -0.384. The molecular formula is C14H11N3O3S. The van der Waals surface area contributed by atoms with Crippen molar-refractivity contribution in [1.82, 2.24) is 0 Å². The fraction of sp³-hybridized carbons (Fsp3) is 0. The summed E-state index contributed by atoms with van der Waals surface area (Å²) in [7, 11) is 0. The number of carbonyl (C=O) groups excluding carboxylic acids is 1. The first-order chi connectivity index (χ1) is 9.99. The predicted octanol–water partition coefficient (Wildman–Crippen LogP) is 2.48. The number of nitrogens with two attached hydrogens (primary N) is 1. The zero-order valence-corrected chi connectivity index (χ0v) is 11.6. The lowest BCUT2D eigenvalue weighted by atomic mass is 10.1. The number of amides is 1. The largest absolute Gasteiger partial charge is 0.389 e. The molecule has 0 atom stereocenters. The Kier molecular flexibility index (Phi) is 4.24. The minimum Gasteiger partial charge on any atom is -0.389 e. The quantitative estimate of drug-likeness (QED) is 0.513. The van der Waals surface area contributed by atoms with E-state index in [2.05, 4.69) is 5.32 Å². The van der Waals surface area contributed by atoms with Crippen LogP contribution >= 0.6 is 12.2 Å². The van der Waals surface area contributed by atoms with Gasteiger partial charge in [0.25, 0.3) is 11.6 Å². The minimum atomic E-state index is -0.524. The Hall–Kier alpha value is -2.80. The maximum Gasteiger partial charge on any atom is 0.269 e. The van der Waals surface area contributed by atoms with Crippen LogP contribution in [0.4, 0.5) is 11.4 Å². The SMILES string of the molecule is NC(=S)c1ccccc1NC(=O)c1ccc([N+](=O)[O-])cc1. The number of carbonyl (C=O) groups is 1. The van der Waals surface area contributed by atoms with Crippen molar-refractivity contribution in [3.05, 3.63) is 69.8 Å². The lowest BCUT2D eigenvalue weighted by Crippen LogP contribution is -2.17. The summed E-state index contributed by atoms with van der Waals surface area (Å²) in [5, 5.41) is 13.3. The zero-order chi connectivity index (χ0) is 15.4. The molecule has 2 rings (SSSR count). The maximum atomic E-state index is 12.1. The number of rotatable bonds is 4. The molecule has 6 nitrogen and oxygen atoms in total. The van der Waals surface area contributed by atoms with Gasteiger partial charge in [0.2, 0.25) is 0 Å². The number of anilines is 1. The van der Waals surface area contributed by atoms with Gasteiger partial charge in [0.1, 0.15) is 4.99 Å². The molecular weight excluding hydrogens is 290 g/mol. The number of non-ortho nitro benzene ring substituents is 1. The van der Waals surface area contributed by atoms with Crippen LogP contribution < -0.4 is 11.1 Å². The van der Waals surface area contributed by atoms with E-state index in [4.69, 9.17) is 18.0 Å². The molecule has 0 saturated carbocycles. The smallest absolute Gasteiger partial charge is 0.269 e. The van der Waals surface area contributed by atoms with E-state index in [0.717, 1.165) is 0 Å². The van der Waals surface area contributed by atoms with E-state index in [1.165, 1.54) is 24.3 Å². The summed E-state index contributed by atoms with van der Waals surface area (Å²) in [5.74, 6) is -0.395. The van der Waals surface area contributed by atoms with E-state index in [-0.39, 0.29) is 10.7 Å². The number of nitrogens with one attached hydrogen (secondary N) is 1. The van der Waals surface area contributed by atoms with Crippen LogP contribution in [0.1, 0.15) is 15.9 Å². The Labute approximate surface area is 125 Å². The van der Waals surface area contributed by atoms with E-state index < -0.39 is 10.8 Å². The van der Waals surface area contributed by atoms with Crippen LogP contribution in [0.2, 0.25) is 0 Å². The highest BCUT2D eigenvalue weighted by Crippen LogP contribution is 2.17. The average Bonchev–Trinajstić information content (AvgIpc) is 2.47. The van der Waals surface area contributed by atoms with Gasteiger partial charge in [-0.05, 0) is 24.3 Å². The molecule has 3 N–H and O–H groups in total. The Balaban J connectivity index is 2.22. The second kappa shape index (κ2) is 6.10. The molecule has 106 valence electrons. The van der Waals surface area contributed by atoms with Crippen molar-refractivity contribution in [3.8, 4) is 0 Å². The van der Waals surface area contributed by atoms with Crippen molar-refractivity contribution < 1.29 is 9.72 Å². The number of benzene rings is 2. The van der Waals surface area contributed by atoms with Gasteiger partial charge in [-0.15, -0.1) is 0 Å². The van der Waals surface area contributed by atoms with Gasteiger partial charge in [0, 0.05) is 23.3 Å². The van der Waals surface area contributed by atoms with Crippen molar-refractivity contribution in [2.24, 2.45) is 5.73 Å². The van der Waals surface area contributed by atoms with Crippen LogP contribution in [-0.2, 0) is 0 Å². The number of nitro groups is 1. The molecule has 0 aliphatic rings. The molecule has 7 heteroatoms. The molecule has 0 heterocycles. The number of para-hydroxylation sites is 1. The van der Waals surface area contributed by atoms with Crippen molar-refractivity contribution in [2.45, 2.75) is 0 Å². The summed E-state index contributed by atoms with van der Waals surface area (Å²) in [6.45, 7) is 0. The van der Waals surface area contributed by atoms with Crippen LogP contribution in [-0.4, -0.2) is 15.8 Å². The van der Waals surface area contributed by atoms with Gasteiger partial charge >= 0.3 is 0 Å². The predicted molar refractivity (Wildman–Crippen MR) is 83.4 cm³/mol.